The first-order valence-electron chi connectivity index (χ1n) is 6.73. The smallest absolute Gasteiger partial charge is 0.329 e. The average Bonchev–Trinajstić information content (AvgIpc) is 2.97. The summed E-state index contributed by atoms with van der Waals surface area (Å²) < 4.78 is 0. The molecule has 0 saturated carbocycles. The minimum absolute atomic E-state index is 0.0403. The number of rotatable bonds is 7. The van der Waals surface area contributed by atoms with Gasteiger partial charge < -0.3 is 10.1 Å². The van der Waals surface area contributed by atoms with Gasteiger partial charge in [-0.05, 0) is 19.4 Å². The van der Waals surface area contributed by atoms with Gasteiger partial charge in [0, 0.05) is 24.2 Å². The number of aromatic nitrogens is 2. The van der Waals surface area contributed by atoms with E-state index in [2.05, 4.69) is 15.3 Å². The second-order valence-corrected chi connectivity index (χ2v) is 6.02. The molecule has 2 rings (SSSR count). The Morgan fingerprint density at radius 3 is 2.67 bits per heavy atom. The van der Waals surface area contributed by atoms with E-state index in [0.717, 1.165) is 5.56 Å². The third-order valence-electron chi connectivity index (χ3n) is 3.07. The van der Waals surface area contributed by atoms with Gasteiger partial charge in [0.05, 0.1) is 0 Å². The highest BCUT2D eigenvalue weighted by molar-refractivity contribution is 7.99. The molecule has 0 aliphatic carbocycles. The molecule has 0 saturated heterocycles. The van der Waals surface area contributed by atoms with Crippen LogP contribution < -0.4 is 5.32 Å². The van der Waals surface area contributed by atoms with Gasteiger partial charge in [-0.3, -0.25) is 5.32 Å². The van der Waals surface area contributed by atoms with Gasteiger partial charge in [0.25, 0.3) is 0 Å². The van der Waals surface area contributed by atoms with E-state index in [4.69, 9.17) is 0 Å². The van der Waals surface area contributed by atoms with Crippen LogP contribution >= 0.6 is 11.8 Å². The van der Waals surface area contributed by atoms with Crippen molar-refractivity contribution < 1.29 is 9.90 Å². The van der Waals surface area contributed by atoms with E-state index in [9.17, 15) is 9.90 Å². The zero-order valence-corrected chi connectivity index (χ0v) is 12.9. The SMILES string of the molecule is CC(C)NC(CSc1ncc[nH]1)(C(=O)O)c1ccccc1. The summed E-state index contributed by atoms with van der Waals surface area (Å²) >= 11 is 1.39. The third-order valence-corrected chi connectivity index (χ3v) is 4.14. The molecule has 0 radical (unpaired) electrons. The van der Waals surface area contributed by atoms with Crippen LogP contribution in [-0.4, -0.2) is 32.8 Å². The van der Waals surface area contributed by atoms with Crippen molar-refractivity contribution in [2.45, 2.75) is 30.6 Å². The Morgan fingerprint density at radius 2 is 2.14 bits per heavy atom. The fourth-order valence-electron chi connectivity index (χ4n) is 2.18. The number of aliphatic carboxylic acids is 1. The van der Waals surface area contributed by atoms with Crippen molar-refractivity contribution in [1.82, 2.24) is 15.3 Å². The Morgan fingerprint density at radius 1 is 1.43 bits per heavy atom. The van der Waals surface area contributed by atoms with Crippen LogP contribution in [0.15, 0.2) is 47.9 Å². The monoisotopic (exact) mass is 305 g/mol. The van der Waals surface area contributed by atoms with Crippen molar-refractivity contribution >= 4 is 17.7 Å². The van der Waals surface area contributed by atoms with E-state index in [-0.39, 0.29) is 6.04 Å². The lowest BCUT2D eigenvalue weighted by molar-refractivity contribution is -0.144. The van der Waals surface area contributed by atoms with Gasteiger partial charge in [0.1, 0.15) is 0 Å². The minimum atomic E-state index is -1.15. The molecule has 5 nitrogen and oxygen atoms in total. The Balaban J connectivity index is 2.33. The predicted octanol–water partition coefficient (Wildman–Crippen LogP) is 2.48. The van der Waals surface area contributed by atoms with Crippen LogP contribution in [0.4, 0.5) is 0 Å². The summed E-state index contributed by atoms with van der Waals surface area (Å²) in [7, 11) is 0. The molecule has 112 valence electrons. The molecule has 6 heteroatoms. The summed E-state index contributed by atoms with van der Waals surface area (Å²) in [4.78, 5) is 19.1. The van der Waals surface area contributed by atoms with Crippen LogP contribution in [0.3, 0.4) is 0 Å². The Labute approximate surface area is 128 Å². The molecule has 1 atom stereocenters. The number of aromatic amines is 1. The second-order valence-electron chi connectivity index (χ2n) is 5.06. The van der Waals surface area contributed by atoms with Gasteiger partial charge in [0.15, 0.2) is 10.7 Å². The molecule has 1 aromatic heterocycles. The second kappa shape index (κ2) is 6.78. The molecule has 0 aliphatic heterocycles. The minimum Gasteiger partial charge on any atom is -0.480 e. The summed E-state index contributed by atoms with van der Waals surface area (Å²) in [6, 6.07) is 9.31. The lowest BCUT2D eigenvalue weighted by atomic mass is 9.91. The largest absolute Gasteiger partial charge is 0.480 e. The fourth-order valence-corrected chi connectivity index (χ4v) is 3.19. The molecule has 1 unspecified atom stereocenters. The standard InChI is InChI=1S/C15H19N3O2S/c1-11(2)18-15(13(19)20,12-6-4-3-5-7-12)10-21-14-16-8-9-17-14/h3-9,11,18H,10H2,1-2H3,(H,16,17)(H,19,20). The molecule has 0 spiro atoms. The summed E-state index contributed by atoms with van der Waals surface area (Å²) in [6.45, 7) is 3.89. The molecule has 3 N–H and O–H groups in total. The molecular weight excluding hydrogens is 286 g/mol. The molecule has 0 amide bonds. The van der Waals surface area contributed by atoms with Gasteiger partial charge in [-0.1, -0.05) is 42.1 Å². The number of carbonyl (C=O) groups is 1. The molecular formula is C15H19N3O2S. The Bertz CT molecular complexity index is 572. The van der Waals surface area contributed by atoms with Crippen LogP contribution in [0.1, 0.15) is 19.4 Å². The molecule has 2 aromatic rings. The van der Waals surface area contributed by atoms with Crippen LogP contribution in [-0.2, 0) is 10.3 Å². The van der Waals surface area contributed by atoms with Crippen molar-refractivity contribution in [3.63, 3.8) is 0 Å². The van der Waals surface area contributed by atoms with Gasteiger partial charge in [0.2, 0.25) is 0 Å². The average molecular weight is 305 g/mol. The lowest BCUT2D eigenvalue weighted by Gasteiger charge is -2.32. The zero-order chi connectivity index (χ0) is 15.3. The van der Waals surface area contributed by atoms with E-state index in [1.165, 1.54) is 11.8 Å². The molecule has 0 fully saturated rings. The number of thioether (sulfide) groups is 1. The summed E-state index contributed by atoms with van der Waals surface area (Å²) in [6.07, 6.45) is 3.38. The zero-order valence-electron chi connectivity index (χ0n) is 12.0. The number of nitrogens with zero attached hydrogens (tertiary/aromatic N) is 1. The Kier molecular flexibility index (Phi) is 5.03. The normalized spacial score (nSPS) is 14.0. The number of carboxylic acid groups (broad SMARTS) is 1. The number of benzene rings is 1. The summed E-state index contributed by atoms with van der Waals surface area (Å²) in [5.41, 5.74) is -0.405. The first kappa shape index (κ1) is 15.6. The maximum atomic E-state index is 12.0. The molecule has 1 aromatic carbocycles. The third kappa shape index (κ3) is 3.65. The molecule has 1 heterocycles. The summed E-state index contributed by atoms with van der Waals surface area (Å²) in [5.74, 6) is -0.542. The fraction of sp³-hybridized carbons (Fsp3) is 0.333. The number of hydrogen-bond donors (Lipinski definition) is 3. The first-order chi connectivity index (χ1) is 10.0. The van der Waals surface area contributed by atoms with E-state index in [0.29, 0.717) is 10.9 Å². The topological polar surface area (TPSA) is 78.0 Å². The number of H-pyrrole nitrogens is 1. The van der Waals surface area contributed by atoms with Crippen molar-refractivity contribution in [3.8, 4) is 0 Å². The van der Waals surface area contributed by atoms with Crippen molar-refractivity contribution in [2.24, 2.45) is 0 Å². The Hall–Kier alpha value is -1.79. The van der Waals surface area contributed by atoms with E-state index in [1.54, 1.807) is 12.4 Å². The van der Waals surface area contributed by atoms with E-state index < -0.39 is 11.5 Å². The van der Waals surface area contributed by atoms with Gasteiger partial charge in [-0.15, -0.1) is 0 Å². The molecule has 0 aliphatic rings. The maximum Gasteiger partial charge on any atom is 0.329 e. The van der Waals surface area contributed by atoms with Gasteiger partial charge in [-0.2, -0.15) is 0 Å². The van der Waals surface area contributed by atoms with Gasteiger partial charge >= 0.3 is 5.97 Å². The number of carboxylic acids is 1. The lowest BCUT2D eigenvalue weighted by Crippen LogP contribution is -2.54. The quantitative estimate of drug-likeness (QED) is 0.685. The van der Waals surface area contributed by atoms with Crippen LogP contribution in [0, 0.1) is 0 Å². The highest BCUT2D eigenvalue weighted by atomic mass is 32.2. The van der Waals surface area contributed by atoms with Crippen LogP contribution in [0.5, 0.6) is 0 Å². The van der Waals surface area contributed by atoms with Crippen molar-refractivity contribution in [2.75, 3.05) is 5.75 Å². The van der Waals surface area contributed by atoms with E-state index in [1.807, 2.05) is 44.2 Å². The highest BCUT2D eigenvalue weighted by Gasteiger charge is 2.41. The van der Waals surface area contributed by atoms with E-state index >= 15 is 0 Å². The first-order valence-corrected chi connectivity index (χ1v) is 7.72. The van der Waals surface area contributed by atoms with Crippen LogP contribution in [0.25, 0.3) is 0 Å². The number of nitrogens with one attached hydrogen (secondary N) is 2. The maximum absolute atomic E-state index is 12.0. The highest BCUT2D eigenvalue weighted by Crippen LogP contribution is 2.29. The number of hydrogen-bond acceptors (Lipinski definition) is 4. The number of imidazole rings is 1. The molecule has 21 heavy (non-hydrogen) atoms. The van der Waals surface area contributed by atoms with Crippen LogP contribution in [0.2, 0.25) is 0 Å². The van der Waals surface area contributed by atoms with Crippen molar-refractivity contribution in [1.29, 1.82) is 0 Å². The molecule has 0 bridgehead atoms. The predicted molar refractivity (Wildman–Crippen MR) is 83.3 cm³/mol. The summed E-state index contributed by atoms with van der Waals surface area (Å²) in [5, 5.41) is 13.8. The van der Waals surface area contributed by atoms with Gasteiger partial charge in [-0.25, -0.2) is 9.78 Å². The van der Waals surface area contributed by atoms with Crippen molar-refractivity contribution in [3.05, 3.63) is 48.3 Å².